The summed E-state index contributed by atoms with van der Waals surface area (Å²) < 4.78 is 0. The molecule has 0 radical (unpaired) electrons. The van der Waals surface area contributed by atoms with Gasteiger partial charge in [0.25, 0.3) is 0 Å². The summed E-state index contributed by atoms with van der Waals surface area (Å²) in [4.78, 5) is 0. The monoisotopic (exact) mass is 241 g/mol. The number of aliphatic hydroxyl groups is 1. The van der Waals surface area contributed by atoms with Crippen LogP contribution in [0.2, 0.25) is 0 Å². The highest BCUT2D eigenvalue weighted by Crippen LogP contribution is 2.27. The second-order valence-electron chi connectivity index (χ2n) is 5.13. The lowest BCUT2D eigenvalue weighted by atomic mass is 9.92. The summed E-state index contributed by atoms with van der Waals surface area (Å²) in [5, 5.41) is 16.0. The van der Waals surface area contributed by atoms with Crippen molar-refractivity contribution in [2.45, 2.75) is 37.8 Å². The maximum atomic E-state index is 10.0. The van der Waals surface area contributed by atoms with Crippen LogP contribution in [-0.4, -0.2) is 17.3 Å². The fraction of sp³-hybridized carbons (Fsp3) is 0.375. The van der Waals surface area contributed by atoms with Crippen LogP contribution in [0.3, 0.4) is 0 Å². The zero-order chi connectivity index (χ0) is 12.4. The lowest BCUT2D eigenvalue weighted by molar-refractivity contribution is 0.116. The van der Waals surface area contributed by atoms with E-state index in [1.807, 2.05) is 0 Å². The minimum absolute atomic E-state index is 0.199. The molecule has 1 saturated carbocycles. The van der Waals surface area contributed by atoms with E-state index in [4.69, 9.17) is 0 Å². The molecule has 0 spiro atoms. The fourth-order valence-corrected chi connectivity index (χ4v) is 2.83. The van der Waals surface area contributed by atoms with Crippen LogP contribution in [0.25, 0.3) is 10.8 Å². The maximum Gasteiger partial charge on any atom is 0.0741 e. The second kappa shape index (κ2) is 4.99. The van der Waals surface area contributed by atoms with E-state index in [1.54, 1.807) is 0 Å². The molecule has 2 N–H and O–H groups in total. The van der Waals surface area contributed by atoms with Crippen LogP contribution >= 0.6 is 0 Å². The van der Waals surface area contributed by atoms with Crippen LogP contribution in [0.5, 0.6) is 0 Å². The predicted molar refractivity (Wildman–Crippen MR) is 75.8 cm³/mol. The molecule has 2 aromatic rings. The third-order valence-corrected chi connectivity index (χ3v) is 3.86. The van der Waals surface area contributed by atoms with Crippen molar-refractivity contribution in [2.75, 3.05) is 5.32 Å². The maximum absolute atomic E-state index is 10.0. The van der Waals surface area contributed by atoms with Gasteiger partial charge in [-0.15, -0.1) is 0 Å². The summed E-state index contributed by atoms with van der Waals surface area (Å²) >= 11 is 0. The van der Waals surface area contributed by atoms with Crippen LogP contribution in [0, 0.1) is 0 Å². The van der Waals surface area contributed by atoms with E-state index in [1.165, 1.54) is 17.2 Å². The summed E-state index contributed by atoms with van der Waals surface area (Å²) in [7, 11) is 0. The molecule has 2 atom stereocenters. The summed E-state index contributed by atoms with van der Waals surface area (Å²) in [5.74, 6) is 0. The molecule has 3 rings (SSSR count). The Labute approximate surface area is 108 Å². The molecule has 18 heavy (non-hydrogen) atoms. The lowest BCUT2D eigenvalue weighted by Crippen LogP contribution is -2.36. The molecular formula is C16H19NO. The van der Waals surface area contributed by atoms with E-state index in [9.17, 15) is 5.11 Å². The van der Waals surface area contributed by atoms with E-state index in [0.717, 1.165) is 24.9 Å². The van der Waals surface area contributed by atoms with Crippen molar-refractivity contribution in [3.63, 3.8) is 0 Å². The van der Waals surface area contributed by atoms with Gasteiger partial charge in [-0.25, -0.2) is 0 Å². The first kappa shape index (κ1) is 11.5. The van der Waals surface area contributed by atoms with Gasteiger partial charge in [0.15, 0.2) is 0 Å². The SMILES string of the molecule is O[C@@H]1CCCC[C@@H]1Nc1cccc2ccccc12. The molecule has 1 aliphatic carbocycles. The summed E-state index contributed by atoms with van der Waals surface area (Å²) in [6, 6.07) is 14.9. The van der Waals surface area contributed by atoms with E-state index in [0.29, 0.717) is 0 Å². The topological polar surface area (TPSA) is 32.3 Å². The van der Waals surface area contributed by atoms with Gasteiger partial charge in [0.05, 0.1) is 12.1 Å². The van der Waals surface area contributed by atoms with Crippen molar-refractivity contribution < 1.29 is 5.11 Å². The minimum Gasteiger partial charge on any atom is -0.391 e. The summed E-state index contributed by atoms with van der Waals surface area (Å²) in [6.45, 7) is 0. The Kier molecular flexibility index (Phi) is 3.20. The predicted octanol–water partition coefficient (Wildman–Crippen LogP) is 3.56. The molecular weight excluding hydrogens is 222 g/mol. The molecule has 0 aliphatic heterocycles. The van der Waals surface area contributed by atoms with Gasteiger partial charge in [-0.1, -0.05) is 49.2 Å². The Morgan fingerprint density at radius 2 is 1.72 bits per heavy atom. The number of aliphatic hydroxyl groups excluding tert-OH is 1. The van der Waals surface area contributed by atoms with E-state index in [-0.39, 0.29) is 12.1 Å². The smallest absolute Gasteiger partial charge is 0.0741 e. The van der Waals surface area contributed by atoms with Crippen LogP contribution in [0.1, 0.15) is 25.7 Å². The van der Waals surface area contributed by atoms with Gasteiger partial charge in [-0.3, -0.25) is 0 Å². The largest absolute Gasteiger partial charge is 0.391 e. The van der Waals surface area contributed by atoms with Gasteiger partial charge in [0, 0.05) is 11.1 Å². The van der Waals surface area contributed by atoms with Crippen molar-refractivity contribution in [3.8, 4) is 0 Å². The first-order valence-electron chi connectivity index (χ1n) is 6.77. The molecule has 0 bridgehead atoms. The van der Waals surface area contributed by atoms with Gasteiger partial charge >= 0.3 is 0 Å². The fourth-order valence-electron chi connectivity index (χ4n) is 2.83. The van der Waals surface area contributed by atoms with E-state index >= 15 is 0 Å². The van der Waals surface area contributed by atoms with E-state index < -0.39 is 0 Å². The molecule has 2 nitrogen and oxygen atoms in total. The molecule has 0 heterocycles. The van der Waals surface area contributed by atoms with Crippen LogP contribution in [0.15, 0.2) is 42.5 Å². The lowest BCUT2D eigenvalue weighted by Gasteiger charge is -2.29. The van der Waals surface area contributed by atoms with Gasteiger partial charge < -0.3 is 10.4 Å². The Hall–Kier alpha value is -1.54. The Morgan fingerprint density at radius 1 is 0.944 bits per heavy atom. The van der Waals surface area contributed by atoms with E-state index in [2.05, 4.69) is 47.8 Å². The Morgan fingerprint density at radius 3 is 2.61 bits per heavy atom. The van der Waals surface area contributed by atoms with Crippen molar-refractivity contribution in [1.82, 2.24) is 0 Å². The molecule has 2 heteroatoms. The first-order chi connectivity index (χ1) is 8.84. The van der Waals surface area contributed by atoms with Crippen LogP contribution in [0.4, 0.5) is 5.69 Å². The number of hydrogen-bond donors (Lipinski definition) is 2. The molecule has 2 aromatic carbocycles. The van der Waals surface area contributed by atoms with Gasteiger partial charge in [0.2, 0.25) is 0 Å². The standard InChI is InChI=1S/C16H19NO/c18-16-11-4-3-9-15(16)17-14-10-5-7-12-6-1-2-8-13(12)14/h1-2,5-8,10,15-18H,3-4,9,11H2/t15-,16+/m0/s1. The zero-order valence-corrected chi connectivity index (χ0v) is 10.5. The normalized spacial score (nSPS) is 24.1. The second-order valence-corrected chi connectivity index (χ2v) is 5.13. The molecule has 1 fully saturated rings. The third kappa shape index (κ3) is 2.21. The number of hydrogen-bond acceptors (Lipinski definition) is 2. The quantitative estimate of drug-likeness (QED) is 0.842. The summed E-state index contributed by atoms with van der Waals surface area (Å²) in [5.41, 5.74) is 1.14. The van der Waals surface area contributed by atoms with Crippen molar-refractivity contribution in [3.05, 3.63) is 42.5 Å². The Balaban J connectivity index is 1.90. The zero-order valence-electron chi connectivity index (χ0n) is 10.5. The van der Waals surface area contributed by atoms with Gasteiger partial charge in [0.1, 0.15) is 0 Å². The molecule has 0 unspecified atom stereocenters. The van der Waals surface area contributed by atoms with Crippen molar-refractivity contribution in [1.29, 1.82) is 0 Å². The molecule has 94 valence electrons. The van der Waals surface area contributed by atoms with Crippen molar-refractivity contribution >= 4 is 16.5 Å². The third-order valence-electron chi connectivity index (χ3n) is 3.86. The first-order valence-corrected chi connectivity index (χ1v) is 6.77. The number of rotatable bonds is 2. The number of nitrogens with one attached hydrogen (secondary N) is 1. The number of benzene rings is 2. The van der Waals surface area contributed by atoms with Crippen LogP contribution < -0.4 is 5.32 Å². The molecule has 0 amide bonds. The number of anilines is 1. The highest BCUT2D eigenvalue weighted by atomic mass is 16.3. The number of fused-ring (bicyclic) bond motifs is 1. The van der Waals surface area contributed by atoms with Crippen LogP contribution in [-0.2, 0) is 0 Å². The molecule has 0 saturated heterocycles. The van der Waals surface area contributed by atoms with Gasteiger partial charge in [-0.2, -0.15) is 0 Å². The van der Waals surface area contributed by atoms with Crippen molar-refractivity contribution in [2.24, 2.45) is 0 Å². The van der Waals surface area contributed by atoms with Gasteiger partial charge in [-0.05, 0) is 24.3 Å². The Bertz CT molecular complexity index is 532. The summed E-state index contributed by atoms with van der Waals surface area (Å²) in [6.07, 6.45) is 4.12. The highest BCUT2D eigenvalue weighted by Gasteiger charge is 2.22. The molecule has 1 aliphatic rings. The average molecular weight is 241 g/mol. The molecule has 0 aromatic heterocycles. The average Bonchev–Trinajstić information content (AvgIpc) is 2.42. The highest BCUT2D eigenvalue weighted by molar-refractivity contribution is 5.93. The minimum atomic E-state index is -0.210.